The molecule has 3 aliphatic carbocycles. The minimum absolute atomic E-state index is 0.0645. The van der Waals surface area contributed by atoms with Crippen molar-refractivity contribution in [1.29, 1.82) is 0 Å². The number of nitrogens with two attached hydrogens (primary N) is 3. The number of aromatic amines is 1. The lowest BCUT2D eigenvalue weighted by molar-refractivity contribution is -0.143. The second-order valence-corrected chi connectivity index (χ2v) is 22.0. The van der Waals surface area contributed by atoms with E-state index in [1.54, 1.807) is 13.8 Å². The number of amides is 6. The van der Waals surface area contributed by atoms with E-state index < -0.39 is 89.6 Å². The van der Waals surface area contributed by atoms with Gasteiger partial charge in [-0.15, -0.1) is 0 Å². The van der Waals surface area contributed by atoms with E-state index in [1.807, 2.05) is 44.3 Å². The number of aromatic nitrogens is 1. The van der Waals surface area contributed by atoms with Crippen molar-refractivity contribution in [2.45, 2.75) is 211 Å². The van der Waals surface area contributed by atoms with Crippen LogP contribution in [-0.4, -0.2) is 106 Å². The molecule has 19 heteroatoms. The highest BCUT2D eigenvalue weighted by atomic mass is 16.4. The van der Waals surface area contributed by atoms with E-state index in [2.05, 4.69) is 41.9 Å². The number of carbonyl (C=O) groups is 7. The molecule has 19 nitrogen and oxygen atoms in total. The van der Waals surface area contributed by atoms with Crippen LogP contribution in [0.2, 0.25) is 0 Å². The topological polar surface area (TPSA) is 318 Å². The summed E-state index contributed by atoms with van der Waals surface area (Å²) in [6, 6.07) is 0.146. The summed E-state index contributed by atoms with van der Waals surface area (Å²) in [4.78, 5) is 106. The van der Waals surface area contributed by atoms with E-state index in [4.69, 9.17) is 17.2 Å². The zero-order valence-electron chi connectivity index (χ0n) is 44.6. The summed E-state index contributed by atoms with van der Waals surface area (Å²) >= 11 is 0. The van der Waals surface area contributed by atoms with E-state index >= 15 is 0 Å². The highest BCUT2D eigenvalue weighted by Gasteiger charge is 2.37. The average Bonchev–Trinajstić information content (AvgIpc) is 3.79. The van der Waals surface area contributed by atoms with Crippen LogP contribution >= 0.6 is 0 Å². The van der Waals surface area contributed by atoms with Gasteiger partial charge in [0.25, 0.3) is 0 Å². The van der Waals surface area contributed by atoms with Crippen molar-refractivity contribution in [3.8, 4) is 0 Å². The lowest BCUT2D eigenvalue weighted by atomic mass is 9.84. The van der Waals surface area contributed by atoms with Gasteiger partial charge in [0.2, 0.25) is 35.4 Å². The standard InChI is InChI=1S/C55H89N11O8/c1-5-34(4)47(53(72)64-45(54(73)74)30-37-22-13-8-14-23-37)66-51(70)44(29-36-20-11-7-12-21-36)63-49(68)42(26-17-27-59-55(57)58)61-52(71)46(33(2)3)65-50(69)43(28-35-18-9-6-10-19-35)62-48(67)40(56)31-38-32-60-41-25-16-15-24-39(38)41/h15-16,24-25,32-37,40,42-47,60H,5-14,17-23,26-31,56H2,1-4H3,(H,61,71)(H,62,67)(H,63,68)(H,64,72)(H,65,69)(H,66,70)(H,73,74)(H4,57,58,59)/t34-,40-,42-,43-,44-,45-,46+,47-/m0/s1. The fraction of sp³-hybridized carbons (Fsp3) is 0.709. The number of benzene rings is 1. The Morgan fingerprint density at radius 1 is 0.622 bits per heavy atom. The largest absolute Gasteiger partial charge is 0.480 e. The quantitative estimate of drug-likeness (QED) is 0.0315. The molecule has 3 fully saturated rings. The van der Waals surface area contributed by atoms with Gasteiger partial charge < -0.3 is 59.2 Å². The summed E-state index contributed by atoms with van der Waals surface area (Å²) in [5.41, 5.74) is 19.5. The number of H-pyrrole nitrogens is 1. The molecule has 3 aliphatic rings. The maximum atomic E-state index is 14.6. The predicted octanol–water partition coefficient (Wildman–Crippen LogP) is 4.70. The second-order valence-electron chi connectivity index (χ2n) is 22.0. The first kappa shape index (κ1) is 59.2. The van der Waals surface area contributed by atoms with Gasteiger partial charge in [0.15, 0.2) is 5.96 Å². The molecule has 5 rings (SSSR count). The van der Waals surface area contributed by atoms with Crippen molar-refractivity contribution >= 4 is 58.3 Å². The molecular weight excluding hydrogens is 943 g/mol. The van der Waals surface area contributed by atoms with Gasteiger partial charge in [-0.3, -0.25) is 33.8 Å². The summed E-state index contributed by atoms with van der Waals surface area (Å²) in [6.07, 6.45) is 18.5. The highest BCUT2D eigenvalue weighted by molar-refractivity contribution is 5.97. The van der Waals surface area contributed by atoms with E-state index in [9.17, 15) is 38.7 Å². The first-order valence-corrected chi connectivity index (χ1v) is 27.8. The molecule has 6 amide bonds. The van der Waals surface area contributed by atoms with Crippen LogP contribution in [0.4, 0.5) is 0 Å². The maximum Gasteiger partial charge on any atom is 0.326 e. The first-order chi connectivity index (χ1) is 35.4. The summed E-state index contributed by atoms with van der Waals surface area (Å²) in [5.74, 6) is -5.16. The monoisotopic (exact) mass is 1030 g/mol. The van der Waals surface area contributed by atoms with E-state index in [-0.39, 0.29) is 61.9 Å². The normalized spacial score (nSPS) is 19.1. The van der Waals surface area contributed by atoms with Crippen molar-refractivity contribution in [1.82, 2.24) is 36.9 Å². The molecule has 0 unspecified atom stereocenters. The summed E-state index contributed by atoms with van der Waals surface area (Å²) < 4.78 is 0. The Labute approximate surface area is 438 Å². The second kappa shape index (κ2) is 30.0. The third-order valence-corrected chi connectivity index (χ3v) is 15.8. The van der Waals surface area contributed by atoms with Gasteiger partial charge in [-0.25, -0.2) is 4.79 Å². The Balaban J connectivity index is 1.33. The van der Waals surface area contributed by atoms with E-state index in [1.165, 1.54) is 0 Å². The van der Waals surface area contributed by atoms with Gasteiger partial charge in [0, 0.05) is 23.6 Å². The molecule has 0 spiro atoms. The van der Waals surface area contributed by atoms with Crippen LogP contribution in [0.25, 0.3) is 10.9 Å². The van der Waals surface area contributed by atoms with E-state index in [0.29, 0.717) is 19.3 Å². The molecule has 14 N–H and O–H groups in total. The Bertz CT molecular complexity index is 2180. The molecule has 0 saturated heterocycles. The molecule has 0 aliphatic heterocycles. The Morgan fingerprint density at radius 3 is 1.59 bits per heavy atom. The number of carbonyl (C=O) groups excluding carboxylic acids is 6. The molecule has 2 aromatic rings. The number of carboxylic acid groups (broad SMARTS) is 1. The molecule has 0 radical (unpaired) electrons. The third kappa shape index (κ3) is 18.6. The minimum atomic E-state index is -1.21. The molecule has 74 heavy (non-hydrogen) atoms. The number of nitrogens with one attached hydrogen (secondary N) is 7. The summed E-state index contributed by atoms with van der Waals surface area (Å²) in [6.45, 7) is 7.39. The number of carboxylic acids is 1. The van der Waals surface area contributed by atoms with Gasteiger partial charge in [-0.05, 0) is 79.7 Å². The predicted molar refractivity (Wildman–Crippen MR) is 287 cm³/mol. The number of aliphatic imine (C=N–C) groups is 1. The van der Waals surface area contributed by atoms with E-state index in [0.717, 1.165) is 113 Å². The van der Waals surface area contributed by atoms with Crippen molar-refractivity contribution < 1.29 is 38.7 Å². The third-order valence-electron chi connectivity index (χ3n) is 15.8. The number of hydrogen-bond acceptors (Lipinski definition) is 9. The smallest absolute Gasteiger partial charge is 0.326 e. The molecule has 3 saturated carbocycles. The SMILES string of the molecule is CC[C@H](C)[C@H](NC(=O)[C@H](CC1CCCCC1)NC(=O)[C@H](CCCN=C(N)N)NC(=O)[C@H](NC(=O)[C@H](CC1CCCCC1)NC(=O)[C@@H](N)Cc1c[nH]c2ccccc12)C(C)C)C(=O)N[C@@H](CC1CCCCC1)C(=O)O. The molecule has 8 atom stereocenters. The lowest BCUT2D eigenvalue weighted by Gasteiger charge is -2.32. The van der Waals surface area contributed by atoms with Crippen LogP contribution in [-0.2, 0) is 40.0 Å². The number of nitrogens with zero attached hydrogens (tertiary/aromatic N) is 1. The molecule has 0 bridgehead atoms. The zero-order chi connectivity index (χ0) is 53.7. The number of para-hydroxylation sites is 1. The van der Waals surface area contributed by atoms with Crippen LogP contribution in [0.15, 0.2) is 35.5 Å². The Hall–Kier alpha value is -5.72. The van der Waals surface area contributed by atoms with Crippen molar-refractivity contribution in [2.75, 3.05) is 6.54 Å². The average molecular weight is 1030 g/mol. The highest BCUT2D eigenvalue weighted by Crippen LogP contribution is 2.30. The molecule has 1 aromatic carbocycles. The van der Waals surface area contributed by atoms with Crippen LogP contribution in [0.1, 0.15) is 168 Å². The fourth-order valence-electron chi connectivity index (χ4n) is 11.2. The van der Waals surface area contributed by atoms with Crippen LogP contribution in [0.5, 0.6) is 0 Å². The van der Waals surface area contributed by atoms with Gasteiger partial charge in [-0.1, -0.05) is 149 Å². The van der Waals surface area contributed by atoms with Crippen molar-refractivity contribution in [3.63, 3.8) is 0 Å². The lowest BCUT2D eigenvalue weighted by Crippen LogP contribution is -2.61. The fourth-order valence-corrected chi connectivity index (χ4v) is 11.2. The number of aliphatic carboxylic acids is 1. The number of guanidine groups is 1. The number of fused-ring (bicyclic) bond motifs is 1. The van der Waals surface area contributed by atoms with Gasteiger partial charge in [-0.2, -0.15) is 0 Å². The van der Waals surface area contributed by atoms with Gasteiger partial charge in [0.1, 0.15) is 36.3 Å². The number of rotatable bonds is 28. The molecular formula is C55H89N11O8. The molecule has 1 aromatic heterocycles. The first-order valence-electron chi connectivity index (χ1n) is 27.8. The summed E-state index contributed by atoms with van der Waals surface area (Å²) in [5, 5.41) is 28.4. The molecule has 1 heterocycles. The van der Waals surface area contributed by atoms with Crippen LogP contribution in [0, 0.1) is 29.6 Å². The van der Waals surface area contributed by atoms with Crippen LogP contribution in [0.3, 0.4) is 0 Å². The van der Waals surface area contributed by atoms with Gasteiger partial charge >= 0.3 is 5.97 Å². The summed E-state index contributed by atoms with van der Waals surface area (Å²) in [7, 11) is 0. The molecule has 412 valence electrons. The van der Waals surface area contributed by atoms with Crippen molar-refractivity contribution in [3.05, 3.63) is 36.0 Å². The zero-order valence-corrected chi connectivity index (χ0v) is 44.6. The van der Waals surface area contributed by atoms with Crippen molar-refractivity contribution in [2.24, 2.45) is 51.8 Å². The van der Waals surface area contributed by atoms with Gasteiger partial charge in [0.05, 0.1) is 6.04 Å². The number of hydrogen-bond donors (Lipinski definition) is 11. The Kier molecular flexibility index (Phi) is 24.0. The Morgan fingerprint density at radius 2 is 1.08 bits per heavy atom. The van der Waals surface area contributed by atoms with Crippen LogP contribution < -0.4 is 49.1 Å². The minimum Gasteiger partial charge on any atom is -0.480 e. The maximum absolute atomic E-state index is 14.6.